The molecule has 1 aromatic heterocycles. The fourth-order valence-corrected chi connectivity index (χ4v) is 5.91. The summed E-state index contributed by atoms with van der Waals surface area (Å²) in [5.41, 5.74) is 6.42. The fraction of sp³-hybridized carbons (Fsp3) is 0.226. The SMILES string of the molecule is CCOC(=O)c1cc(NCC[NH+](C)C[C@H]2c3ccccc3C=Cc3ccc(Cl)cc32)c2c(Cl)cc(Cl)cc2n1. The van der Waals surface area contributed by atoms with Crippen LogP contribution in [0.2, 0.25) is 15.1 Å². The Labute approximate surface area is 243 Å². The van der Waals surface area contributed by atoms with Crippen molar-refractivity contribution in [3.05, 3.63) is 104 Å². The molecule has 0 amide bonds. The Morgan fingerprint density at radius 2 is 1.74 bits per heavy atom. The lowest BCUT2D eigenvalue weighted by atomic mass is 9.87. The number of hydrogen-bond acceptors (Lipinski definition) is 4. The Morgan fingerprint density at radius 3 is 2.54 bits per heavy atom. The molecular formula is C31H29Cl3N3O2+. The van der Waals surface area contributed by atoms with Gasteiger partial charge in [-0.2, -0.15) is 0 Å². The van der Waals surface area contributed by atoms with Gasteiger partial charge < -0.3 is 15.0 Å². The standard InChI is InChI=1S/C31H28Cl3N3O2/c1-3-39-31(38)29-17-27(30-26(34)15-22(33)16-28(30)36-29)35-12-13-37(2)18-25-23-7-5-4-6-19(23)8-9-20-10-11-21(32)14-24(20)25/h4-11,14-17,25H,3,12-13,18H2,1-2H3,(H,35,36)/p+1/t25-/m0/s1. The first kappa shape index (κ1) is 27.5. The molecule has 4 aromatic rings. The predicted molar refractivity (Wildman–Crippen MR) is 161 cm³/mol. The maximum atomic E-state index is 12.5. The summed E-state index contributed by atoms with van der Waals surface area (Å²) in [6.45, 7) is 4.39. The molecule has 1 aliphatic rings. The van der Waals surface area contributed by atoms with Crippen LogP contribution in [0.1, 0.15) is 45.6 Å². The third-order valence-electron chi connectivity index (χ3n) is 6.97. The number of pyridine rings is 1. The average molecular weight is 582 g/mol. The van der Waals surface area contributed by atoms with Crippen molar-refractivity contribution in [2.75, 3.05) is 38.6 Å². The number of nitrogens with zero attached hydrogens (tertiary/aromatic N) is 1. The first-order valence-electron chi connectivity index (χ1n) is 12.9. The molecule has 0 bridgehead atoms. The molecule has 5 rings (SSSR count). The van der Waals surface area contributed by atoms with Crippen molar-refractivity contribution in [1.82, 2.24) is 4.98 Å². The van der Waals surface area contributed by atoms with Crippen LogP contribution in [0.5, 0.6) is 0 Å². The molecule has 5 nitrogen and oxygen atoms in total. The van der Waals surface area contributed by atoms with E-state index < -0.39 is 5.97 Å². The highest BCUT2D eigenvalue weighted by atomic mass is 35.5. The number of halogens is 3. The predicted octanol–water partition coefficient (Wildman–Crippen LogP) is 6.61. The molecule has 2 N–H and O–H groups in total. The summed E-state index contributed by atoms with van der Waals surface area (Å²) < 4.78 is 5.18. The molecule has 0 aliphatic heterocycles. The molecule has 1 heterocycles. The lowest BCUT2D eigenvalue weighted by Gasteiger charge is -2.24. The van der Waals surface area contributed by atoms with E-state index in [0.29, 0.717) is 22.1 Å². The van der Waals surface area contributed by atoms with Gasteiger partial charge in [0.25, 0.3) is 0 Å². The summed E-state index contributed by atoms with van der Waals surface area (Å²) >= 11 is 19.2. The van der Waals surface area contributed by atoms with Crippen LogP contribution in [-0.4, -0.2) is 44.2 Å². The smallest absolute Gasteiger partial charge is 0.357 e. The monoisotopic (exact) mass is 580 g/mol. The Hall–Kier alpha value is -3.09. The number of quaternary nitrogens is 1. The van der Waals surface area contributed by atoms with Gasteiger partial charge in [-0.25, -0.2) is 9.78 Å². The largest absolute Gasteiger partial charge is 0.461 e. The minimum atomic E-state index is -0.487. The van der Waals surface area contributed by atoms with Gasteiger partial charge in [-0.3, -0.25) is 0 Å². The van der Waals surface area contributed by atoms with E-state index in [0.717, 1.165) is 29.2 Å². The van der Waals surface area contributed by atoms with Gasteiger partial charge in [-0.15, -0.1) is 0 Å². The van der Waals surface area contributed by atoms with Gasteiger partial charge in [0, 0.05) is 21.1 Å². The number of anilines is 1. The van der Waals surface area contributed by atoms with E-state index in [1.165, 1.54) is 27.2 Å². The van der Waals surface area contributed by atoms with Gasteiger partial charge in [0.2, 0.25) is 0 Å². The zero-order valence-electron chi connectivity index (χ0n) is 21.7. The van der Waals surface area contributed by atoms with E-state index >= 15 is 0 Å². The summed E-state index contributed by atoms with van der Waals surface area (Å²) in [6, 6.07) is 19.7. The normalized spacial score (nSPS) is 14.8. The van der Waals surface area contributed by atoms with Crippen molar-refractivity contribution in [3.63, 3.8) is 0 Å². The van der Waals surface area contributed by atoms with Crippen molar-refractivity contribution in [2.45, 2.75) is 12.8 Å². The molecular weight excluding hydrogens is 553 g/mol. The number of rotatable bonds is 8. The number of carbonyl (C=O) groups is 1. The summed E-state index contributed by atoms with van der Waals surface area (Å²) in [5.74, 6) is -0.294. The highest BCUT2D eigenvalue weighted by molar-refractivity contribution is 6.39. The molecule has 0 saturated heterocycles. The Kier molecular flexibility index (Phi) is 8.43. The highest BCUT2D eigenvalue weighted by Crippen LogP contribution is 2.35. The van der Waals surface area contributed by atoms with Crippen LogP contribution < -0.4 is 10.2 Å². The maximum absolute atomic E-state index is 12.5. The van der Waals surface area contributed by atoms with Gasteiger partial charge in [-0.05, 0) is 59.5 Å². The number of esters is 1. The average Bonchev–Trinajstić information content (AvgIpc) is 3.05. The molecule has 39 heavy (non-hydrogen) atoms. The first-order valence-corrected chi connectivity index (χ1v) is 14.1. The molecule has 1 unspecified atom stereocenters. The molecule has 2 atom stereocenters. The van der Waals surface area contributed by atoms with Crippen molar-refractivity contribution in [1.29, 1.82) is 0 Å². The summed E-state index contributed by atoms with van der Waals surface area (Å²) in [6.07, 6.45) is 4.36. The number of hydrogen-bond donors (Lipinski definition) is 2. The van der Waals surface area contributed by atoms with Crippen LogP contribution in [0.15, 0.2) is 60.7 Å². The van der Waals surface area contributed by atoms with E-state index in [9.17, 15) is 4.79 Å². The molecule has 0 saturated carbocycles. The van der Waals surface area contributed by atoms with Crippen molar-refractivity contribution in [3.8, 4) is 0 Å². The van der Waals surface area contributed by atoms with Gasteiger partial charge in [0.15, 0.2) is 5.69 Å². The lowest BCUT2D eigenvalue weighted by molar-refractivity contribution is -0.878. The van der Waals surface area contributed by atoms with Crippen LogP contribution in [0.3, 0.4) is 0 Å². The molecule has 8 heteroatoms. The van der Waals surface area contributed by atoms with Crippen molar-refractivity contribution in [2.24, 2.45) is 0 Å². The van der Waals surface area contributed by atoms with Crippen LogP contribution in [0, 0.1) is 0 Å². The van der Waals surface area contributed by atoms with Gasteiger partial charge in [0.1, 0.15) is 0 Å². The van der Waals surface area contributed by atoms with Crippen LogP contribution in [0.25, 0.3) is 23.1 Å². The molecule has 0 spiro atoms. The third-order valence-corrected chi connectivity index (χ3v) is 7.72. The first-order chi connectivity index (χ1) is 18.8. The van der Waals surface area contributed by atoms with E-state index in [1.807, 2.05) is 6.07 Å². The minimum absolute atomic E-state index is 0.193. The molecule has 0 fully saturated rings. The van der Waals surface area contributed by atoms with Crippen molar-refractivity contribution >= 4 is 69.5 Å². The highest BCUT2D eigenvalue weighted by Gasteiger charge is 2.25. The summed E-state index contributed by atoms with van der Waals surface area (Å²) in [5, 5.41) is 5.87. The Bertz CT molecular complexity index is 1570. The number of ether oxygens (including phenoxy) is 1. The molecule has 1 aliphatic carbocycles. The van der Waals surface area contributed by atoms with E-state index in [4.69, 9.17) is 39.5 Å². The zero-order valence-corrected chi connectivity index (χ0v) is 24.0. The molecule has 0 radical (unpaired) electrons. The summed E-state index contributed by atoms with van der Waals surface area (Å²) in [4.78, 5) is 18.3. The molecule has 200 valence electrons. The summed E-state index contributed by atoms with van der Waals surface area (Å²) in [7, 11) is 2.19. The number of aromatic nitrogens is 1. The van der Waals surface area contributed by atoms with Gasteiger partial charge in [-0.1, -0.05) is 77.3 Å². The Morgan fingerprint density at radius 1 is 0.974 bits per heavy atom. The van der Waals surface area contributed by atoms with E-state index in [1.54, 1.807) is 25.1 Å². The van der Waals surface area contributed by atoms with Crippen LogP contribution >= 0.6 is 34.8 Å². The minimum Gasteiger partial charge on any atom is -0.461 e. The van der Waals surface area contributed by atoms with Crippen LogP contribution in [-0.2, 0) is 4.74 Å². The van der Waals surface area contributed by atoms with Gasteiger partial charge in [0.05, 0.1) is 49.7 Å². The van der Waals surface area contributed by atoms with Gasteiger partial charge >= 0.3 is 5.97 Å². The third kappa shape index (κ3) is 6.07. The lowest BCUT2D eigenvalue weighted by Crippen LogP contribution is -3.10. The number of likely N-dealkylation sites (N-methyl/N-ethyl adjacent to an activating group) is 1. The van der Waals surface area contributed by atoms with E-state index in [2.05, 4.69) is 65.9 Å². The maximum Gasteiger partial charge on any atom is 0.357 e. The zero-order chi connectivity index (χ0) is 27.5. The topological polar surface area (TPSA) is 55.7 Å². The fourth-order valence-electron chi connectivity index (χ4n) is 5.14. The van der Waals surface area contributed by atoms with E-state index in [-0.39, 0.29) is 18.2 Å². The second-order valence-corrected chi connectivity index (χ2v) is 11.0. The second-order valence-electron chi connectivity index (χ2n) is 9.68. The quantitative estimate of drug-likeness (QED) is 0.230. The second kappa shape index (κ2) is 12.0. The van der Waals surface area contributed by atoms with Crippen molar-refractivity contribution < 1.29 is 14.4 Å². The number of carbonyl (C=O) groups excluding carboxylic acids is 1. The Balaban J connectivity index is 1.37. The molecule has 3 aromatic carbocycles. The number of benzene rings is 3. The van der Waals surface area contributed by atoms with Crippen LogP contribution in [0.4, 0.5) is 5.69 Å². The number of nitrogens with one attached hydrogen (secondary N) is 2. The number of fused-ring (bicyclic) bond motifs is 3.